The van der Waals surface area contributed by atoms with Crippen LogP contribution in [0, 0.1) is 0 Å². The number of amides is 2. The van der Waals surface area contributed by atoms with Crippen LogP contribution in [-0.2, 0) is 9.59 Å². The van der Waals surface area contributed by atoms with Crippen LogP contribution in [0.25, 0.3) is 0 Å². The van der Waals surface area contributed by atoms with E-state index >= 15 is 0 Å². The number of carbonyl (C=O) groups is 2. The second-order valence-corrected chi connectivity index (χ2v) is 5.96. The van der Waals surface area contributed by atoms with E-state index < -0.39 is 29.7 Å². The van der Waals surface area contributed by atoms with Crippen molar-refractivity contribution in [2.24, 2.45) is 0 Å². The molecule has 0 radical (unpaired) electrons. The maximum absolute atomic E-state index is 13.3. The molecule has 0 spiro atoms. The molecule has 2 aliphatic heterocycles. The lowest BCUT2D eigenvalue weighted by atomic mass is 9.94. The molecule has 2 heterocycles. The van der Waals surface area contributed by atoms with Crippen LogP contribution >= 0.6 is 0 Å². The van der Waals surface area contributed by atoms with Gasteiger partial charge >= 0.3 is 6.18 Å². The Morgan fingerprint density at radius 3 is 2.35 bits per heavy atom. The van der Waals surface area contributed by atoms with E-state index in [1.807, 2.05) is 0 Å². The molecule has 0 bridgehead atoms. The summed E-state index contributed by atoms with van der Waals surface area (Å²) in [6.45, 7) is 1.89. The third kappa shape index (κ3) is 1.67. The second-order valence-electron chi connectivity index (χ2n) is 5.96. The molecule has 2 unspecified atom stereocenters. The van der Waals surface area contributed by atoms with Gasteiger partial charge in [0, 0.05) is 6.54 Å². The van der Waals surface area contributed by atoms with Crippen LogP contribution in [0.2, 0.25) is 0 Å². The molecule has 0 aromatic heterocycles. The standard InChI is InChI=1S/C13H17F3N2O2/c1-8-10(19)17-7-3-2-4-9(17)11(20)18(8)12(5-6-12)13(14,15)16/h8-9H,2-7H2,1H3. The maximum Gasteiger partial charge on any atom is 0.411 e. The molecule has 1 aliphatic carbocycles. The fraction of sp³-hybridized carbons (Fsp3) is 0.846. The van der Waals surface area contributed by atoms with Crippen LogP contribution in [0.3, 0.4) is 0 Å². The van der Waals surface area contributed by atoms with Crippen LogP contribution in [0.15, 0.2) is 0 Å². The summed E-state index contributed by atoms with van der Waals surface area (Å²) in [4.78, 5) is 27.1. The third-order valence-corrected chi connectivity index (χ3v) is 4.77. The summed E-state index contributed by atoms with van der Waals surface area (Å²) in [5.41, 5.74) is -2.09. The number of nitrogens with zero attached hydrogens (tertiary/aromatic N) is 2. The lowest BCUT2D eigenvalue weighted by molar-refractivity contribution is -0.214. The number of carbonyl (C=O) groups excluding carboxylic acids is 2. The first-order valence-corrected chi connectivity index (χ1v) is 7.00. The Morgan fingerprint density at radius 2 is 1.80 bits per heavy atom. The zero-order chi connectivity index (χ0) is 14.7. The first-order valence-electron chi connectivity index (χ1n) is 7.00. The van der Waals surface area contributed by atoms with Crippen molar-refractivity contribution < 1.29 is 22.8 Å². The van der Waals surface area contributed by atoms with Crippen LogP contribution in [0.4, 0.5) is 13.2 Å². The van der Waals surface area contributed by atoms with Gasteiger partial charge in [-0.1, -0.05) is 0 Å². The summed E-state index contributed by atoms with van der Waals surface area (Å²) < 4.78 is 39.8. The monoisotopic (exact) mass is 290 g/mol. The van der Waals surface area contributed by atoms with Crippen molar-refractivity contribution in [1.29, 1.82) is 0 Å². The van der Waals surface area contributed by atoms with Crippen molar-refractivity contribution in [2.45, 2.75) is 62.8 Å². The Bertz CT molecular complexity index is 459. The molecule has 20 heavy (non-hydrogen) atoms. The van der Waals surface area contributed by atoms with Gasteiger partial charge in [-0.15, -0.1) is 0 Å². The fourth-order valence-corrected chi connectivity index (χ4v) is 3.51. The van der Waals surface area contributed by atoms with Crippen molar-refractivity contribution in [3.05, 3.63) is 0 Å². The molecule has 2 atom stereocenters. The number of piperidine rings is 1. The summed E-state index contributed by atoms with van der Waals surface area (Å²) in [6, 6.07) is -1.70. The van der Waals surface area contributed by atoms with E-state index in [1.165, 1.54) is 11.8 Å². The molecule has 0 aromatic carbocycles. The van der Waals surface area contributed by atoms with Crippen molar-refractivity contribution in [3.8, 4) is 0 Å². The molecule has 0 N–H and O–H groups in total. The number of fused-ring (bicyclic) bond motifs is 1. The predicted molar refractivity (Wildman–Crippen MR) is 63.7 cm³/mol. The SMILES string of the molecule is CC1C(=O)N2CCCCC2C(=O)N1C1(C(F)(F)F)CC1. The third-order valence-electron chi connectivity index (χ3n) is 4.77. The van der Waals surface area contributed by atoms with Crippen molar-refractivity contribution in [1.82, 2.24) is 9.80 Å². The van der Waals surface area contributed by atoms with Gasteiger partial charge in [-0.2, -0.15) is 13.2 Å². The Kier molecular flexibility index (Phi) is 2.82. The highest BCUT2D eigenvalue weighted by molar-refractivity contribution is 5.97. The minimum Gasteiger partial charge on any atom is -0.329 e. The average Bonchev–Trinajstić information content (AvgIpc) is 3.17. The number of alkyl halides is 3. The van der Waals surface area contributed by atoms with Crippen LogP contribution in [-0.4, -0.2) is 52.0 Å². The van der Waals surface area contributed by atoms with Gasteiger partial charge in [-0.3, -0.25) is 9.59 Å². The van der Waals surface area contributed by atoms with Gasteiger partial charge in [-0.05, 0) is 39.0 Å². The molecule has 112 valence electrons. The summed E-state index contributed by atoms with van der Waals surface area (Å²) in [5.74, 6) is -0.864. The van der Waals surface area contributed by atoms with Gasteiger partial charge in [0.2, 0.25) is 11.8 Å². The largest absolute Gasteiger partial charge is 0.411 e. The van der Waals surface area contributed by atoms with Crippen LogP contribution in [0.5, 0.6) is 0 Å². The number of hydrogen-bond acceptors (Lipinski definition) is 2. The molecule has 2 amide bonds. The molecule has 3 fully saturated rings. The average molecular weight is 290 g/mol. The zero-order valence-corrected chi connectivity index (χ0v) is 11.2. The highest BCUT2D eigenvalue weighted by atomic mass is 19.4. The lowest BCUT2D eigenvalue weighted by Gasteiger charge is -2.49. The second kappa shape index (κ2) is 4.11. The fourth-order valence-electron chi connectivity index (χ4n) is 3.51. The lowest BCUT2D eigenvalue weighted by Crippen LogP contribution is -2.69. The van der Waals surface area contributed by atoms with Gasteiger partial charge in [-0.25, -0.2) is 0 Å². The first-order chi connectivity index (χ1) is 9.29. The molecule has 3 aliphatic rings. The summed E-state index contributed by atoms with van der Waals surface area (Å²) in [5, 5.41) is 0. The van der Waals surface area contributed by atoms with Crippen molar-refractivity contribution in [3.63, 3.8) is 0 Å². The molecule has 3 rings (SSSR count). The highest BCUT2D eigenvalue weighted by Crippen LogP contribution is 2.55. The molecule has 7 heteroatoms. The zero-order valence-electron chi connectivity index (χ0n) is 11.2. The normalized spacial score (nSPS) is 33.2. The summed E-state index contributed by atoms with van der Waals surface area (Å²) in [6.07, 6.45) is -2.58. The molecular weight excluding hydrogens is 273 g/mol. The van der Waals surface area contributed by atoms with Crippen LogP contribution < -0.4 is 0 Å². The van der Waals surface area contributed by atoms with E-state index in [-0.39, 0.29) is 18.7 Å². The van der Waals surface area contributed by atoms with Gasteiger partial charge in [0.15, 0.2) is 0 Å². The van der Waals surface area contributed by atoms with Crippen LogP contribution in [0.1, 0.15) is 39.0 Å². The Labute approximate surface area is 114 Å². The predicted octanol–water partition coefficient (Wildman–Crippen LogP) is 1.69. The number of halogens is 3. The Morgan fingerprint density at radius 1 is 1.15 bits per heavy atom. The maximum atomic E-state index is 13.3. The van der Waals surface area contributed by atoms with E-state index in [0.29, 0.717) is 13.0 Å². The Balaban J connectivity index is 1.96. The minimum atomic E-state index is -4.46. The first kappa shape index (κ1) is 13.7. The van der Waals surface area contributed by atoms with E-state index in [2.05, 4.69) is 0 Å². The molecular formula is C13H17F3N2O2. The van der Waals surface area contributed by atoms with Gasteiger partial charge in [0.1, 0.15) is 17.6 Å². The van der Waals surface area contributed by atoms with Crippen molar-refractivity contribution >= 4 is 11.8 Å². The van der Waals surface area contributed by atoms with E-state index in [1.54, 1.807) is 0 Å². The summed E-state index contributed by atoms with van der Waals surface area (Å²) in [7, 11) is 0. The minimum absolute atomic E-state index is 0.0907. The van der Waals surface area contributed by atoms with Gasteiger partial charge in [0.05, 0.1) is 0 Å². The number of hydrogen-bond donors (Lipinski definition) is 0. The smallest absolute Gasteiger partial charge is 0.329 e. The molecule has 1 saturated carbocycles. The van der Waals surface area contributed by atoms with E-state index in [0.717, 1.165) is 17.7 Å². The Hall–Kier alpha value is -1.27. The number of piperazine rings is 1. The topological polar surface area (TPSA) is 40.6 Å². The highest BCUT2D eigenvalue weighted by Gasteiger charge is 2.71. The molecule has 0 aromatic rings. The summed E-state index contributed by atoms with van der Waals surface area (Å²) >= 11 is 0. The van der Waals surface area contributed by atoms with Gasteiger partial charge in [0.25, 0.3) is 0 Å². The van der Waals surface area contributed by atoms with Gasteiger partial charge < -0.3 is 9.80 Å². The van der Waals surface area contributed by atoms with E-state index in [4.69, 9.17) is 0 Å². The van der Waals surface area contributed by atoms with Crippen molar-refractivity contribution in [2.75, 3.05) is 6.54 Å². The molecule has 2 saturated heterocycles. The quantitative estimate of drug-likeness (QED) is 0.737. The number of rotatable bonds is 1. The van der Waals surface area contributed by atoms with E-state index in [9.17, 15) is 22.8 Å². The molecule has 4 nitrogen and oxygen atoms in total.